The van der Waals surface area contributed by atoms with Crippen molar-refractivity contribution in [3.8, 4) is 0 Å². The largest absolute Gasteiger partial charge is 0.372 e. The van der Waals surface area contributed by atoms with Gasteiger partial charge in [0.15, 0.2) is 0 Å². The Morgan fingerprint density at radius 1 is 1.33 bits per heavy atom. The monoisotopic (exact) mass is 164 g/mol. The van der Waals surface area contributed by atoms with Crippen LogP contribution < -0.4 is 10.6 Å². The van der Waals surface area contributed by atoms with E-state index >= 15 is 0 Å². The molecule has 12 heavy (non-hydrogen) atoms. The molecule has 64 valence electrons. The SMILES string of the molecule is CNc1cncc(NC2CC2)n1. The van der Waals surface area contributed by atoms with Crippen LogP contribution in [-0.4, -0.2) is 23.1 Å². The van der Waals surface area contributed by atoms with Crippen molar-refractivity contribution in [2.24, 2.45) is 0 Å². The molecule has 0 saturated heterocycles. The summed E-state index contributed by atoms with van der Waals surface area (Å²) >= 11 is 0. The molecule has 0 amide bonds. The highest BCUT2D eigenvalue weighted by Crippen LogP contribution is 2.23. The fraction of sp³-hybridized carbons (Fsp3) is 0.500. The van der Waals surface area contributed by atoms with Crippen LogP contribution in [0.25, 0.3) is 0 Å². The zero-order valence-corrected chi connectivity index (χ0v) is 7.04. The minimum atomic E-state index is 0.631. The van der Waals surface area contributed by atoms with E-state index in [1.54, 1.807) is 12.4 Å². The third kappa shape index (κ3) is 1.64. The predicted molar refractivity (Wildman–Crippen MR) is 48.2 cm³/mol. The van der Waals surface area contributed by atoms with Crippen LogP contribution in [0.1, 0.15) is 12.8 Å². The molecule has 0 atom stereocenters. The average molecular weight is 164 g/mol. The number of nitrogens with one attached hydrogen (secondary N) is 2. The fourth-order valence-electron chi connectivity index (χ4n) is 0.993. The van der Waals surface area contributed by atoms with E-state index in [4.69, 9.17) is 0 Å². The Hall–Kier alpha value is -1.32. The lowest BCUT2D eigenvalue weighted by atomic mass is 10.6. The van der Waals surface area contributed by atoms with Gasteiger partial charge in [-0.15, -0.1) is 0 Å². The van der Waals surface area contributed by atoms with Crippen molar-refractivity contribution in [2.45, 2.75) is 18.9 Å². The third-order valence-electron chi connectivity index (χ3n) is 1.82. The predicted octanol–water partition coefficient (Wildman–Crippen LogP) is 1.09. The molecule has 0 unspecified atom stereocenters. The number of aromatic nitrogens is 2. The Morgan fingerprint density at radius 2 is 2.08 bits per heavy atom. The number of nitrogens with zero attached hydrogens (tertiary/aromatic N) is 2. The lowest BCUT2D eigenvalue weighted by Crippen LogP contribution is -2.04. The molecular formula is C8H12N4. The summed E-state index contributed by atoms with van der Waals surface area (Å²) in [4.78, 5) is 8.34. The summed E-state index contributed by atoms with van der Waals surface area (Å²) in [6.45, 7) is 0. The molecule has 1 fully saturated rings. The first kappa shape index (κ1) is 7.34. The van der Waals surface area contributed by atoms with E-state index in [2.05, 4.69) is 20.6 Å². The van der Waals surface area contributed by atoms with Crippen molar-refractivity contribution in [2.75, 3.05) is 17.7 Å². The average Bonchev–Trinajstić information content (AvgIpc) is 2.89. The van der Waals surface area contributed by atoms with E-state index < -0.39 is 0 Å². The standard InChI is InChI=1S/C8H12N4/c1-9-7-4-10-5-8(12-7)11-6-2-3-6/h4-6H,2-3H2,1H3,(H2,9,11,12). The van der Waals surface area contributed by atoms with Crippen LogP contribution in [0.3, 0.4) is 0 Å². The van der Waals surface area contributed by atoms with Crippen molar-refractivity contribution in [1.82, 2.24) is 9.97 Å². The molecule has 2 rings (SSSR count). The van der Waals surface area contributed by atoms with E-state index in [0.29, 0.717) is 6.04 Å². The van der Waals surface area contributed by atoms with Gasteiger partial charge in [0.2, 0.25) is 0 Å². The van der Waals surface area contributed by atoms with Gasteiger partial charge in [-0.05, 0) is 12.8 Å². The molecule has 0 spiro atoms. The van der Waals surface area contributed by atoms with Crippen molar-refractivity contribution < 1.29 is 0 Å². The maximum atomic E-state index is 4.29. The molecular weight excluding hydrogens is 152 g/mol. The Kier molecular flexibility index (Phi) is 1.81. The van der Waals surface area contributed by atoms with E-state index in [1.807, 2.05) is 7.05 Å². The highest BCUT2D eigenvalue weighted by atomic mass is 15.1. The maximum absolute atomic E-state index is 4.29. The second-order valence-corrected chi connectivity index (χ2v) is 2.96. The first-order valence-electron chi connectivity index (χ1n) is 4.15. The molecule has 0 radical (unpaired) electrons. The van der Waals surface area contributed by atoms with Gasteiger partial charge in [0.25, 0.3) is 0 Å². The van der Waals surface area contributed by atoms with Crippen molar-refractivity contribution in [3.63, 3.8) is 0 Å². The Morgan fingerprint density at radius 3 is 2.75 bits per heavy atom. The first-order chi connectivity index (χ1) is 5.88. The van der Waals surface area contributed by atoms with Gasteiger partial charge in [-0.1, -0.05) is 0 Å². The van der Waals surface area contributed by atoms with Gasteiger partial charge in [0.1, 0.15) is 11.6 Å². The second kappa shape index (κ2) is 2.97. The minimum absolute atomic E-state index is 0.631. The van der Waals surface area contributed by atoms with Gasteiger partial charge < -0.3 is 10.6 Å². The molecule has 2 N–H and O–H groups in total. The van der Waals surface area contributed by atoms with Gasteiger partial charge >= 0.3 is 0 Å². The number of hydrogen-bond acceptors (Lipinski definition) is 4. The summed E-state index contributed by atoms with van der Waals surface area (Å²) in [5.41, 5.74) is 0. The summed E-state index contributed by atoms with van der Waals surface area (Å²) in [5, 5.41) is 6.22. The summed E-state index contributed by atoms with van der Waals surface area (Å²) in [5.74, 6) is 1.67. The molecule has 0 aliphatic heterocycles. The fourth-order valence-corrected chi connectivity index (χ4v) is 0.993. The second-order valence-electron chi connectivity index (χ2n) is 2.96. The normalized spacial score (nSPS) is 15.8. The third-order valence-corrected chi connectivity index (χ3v) is 1.82. The van der Waals surface area contributed by atoms with Crippen LogP contribution >= 0.6 is 0 Å². The highest BCUT2D eigenvalue weighted by Gasteiger charge is 2.21. The smallest absolute Gasteiger partial charge is 0.147 e. The molecule has 0 bridgehead atoms. The molecule has 4 heteroatoms. The summed E-state index contributed by atoms with van der Waals surface area (Å²) in [7, 11) is 1.84. The van der Waals surface area contributed by atoms with Crippen molar-refractivity contribution in [1.29, 1.82) is 0 Å². The molecule has 1 aliphatic rings. The van der Waals surface area contributed by atoms with E-state index in [9.17, 15) is 0 Å². The van der Waals surface area contributed by atoms with Gasteiger partial charge in [0.05, 0.1) is 12.4 Å². The van der Waals surface area contributed by atoms with E-state index in [1.165, 1.54) is 12.8 Å². The topological polar surface area (TPSA) is 49.8 Å². The molecule has 1 heterocycles. The Labute approximate surface area is 71.4 Å². The molecule has 1 saturated carbocycles. The molecule has 1 aromatic heterocycles. The van der Waals surface area contributed by atoms with Crippen LogP contribution in [0.5, 0.6) is 0 Å². The van der Waals surface area contributed by atoms with E-state index in [-0.39, 0.29) is 0 Å². The van der Waals surface area contributed by atoms with Gasteiger partial charge in [-0.25, -0.2) is 4.98 Å². The molecule has 1 aromatic rings. The zero-order chi connectivity index (χ0) is 8.39. The number of hydrogen-bond donors (Lipinski definition) is 2. The van der Waals surface area contributed by atoms with E-state index in [0.717, 1.165) is 11.6 Å². The van der Waals surface area contributed by atoms with Crippen LogP contribution in [0, 0.1) is 0 Å². The zero-order valence-electron chi connectivity index (χ0n) is 7.04. The van der Waals surface area contributed by atoms with Crippen molar-refractivity contribution in [3.05, 3.63) is 12.4 Å². The number of rotatable bonds is 3. The Bertz CT molecular complexity index is 270. The maximum Gasteiger partial charge on any atom is 0.147 e. The Balaban J connectivity index is 2.08. The first-order valence-corrected chi connectivity index (χ1v) is 4.15. The molecule has 4 nitrogen and oxygen atoms in total. The van der Waals surface area contributed by atoms with Crippen LogP contribution in [0.15, 0.2) is 12.4 Å². The highest BCUT2D eigenvalue weighted by molar-refractivity contribution is 5.42. The molecule has 0 aromatic carbocycles. The van der Waals surface area contributed by atoms with Crippen molar-refractivity contribution >= 4 is 11.6 Å². The van der Waals surface area contributed by atoms with Gasteiger partial charge in [-0.2, -0.15) is 0 Å². The minimum Gasteiger partial charge on any atom is -0.372 e. The summed E-state index contributed by atoms with van der Waals surface area (Å²) in [6, 6.07) is 0.631. The quantitative estimate of drug-likeness (QED) is 0.702. The van der Waals surface area contributed by atoms with Crippen LogP contribution in [0.2, 0.25) is 0 Å². The summed E-state index contributed by atoms with van der Waals surface area (Å²) < 4.78 is 0. The lowest BCUT2D eigenvalue weighted by molar-refractivity contribution is 1.09. The molecule has 1 aliphatic carbocycles. The van der Waals surface area contributed by atoms with Gasteiger partial charge in [0, 0.05) is 13.1 Å². The van der Waals surface area contributed by atoms with Gasteiger partial charge in [-0.3, -0.25) is 4.98 Å². The van der Waals surface area contributed by atoms with Crippen LogP contribution in [0.4, 0.5) is 11.6 Å². The van der Waals surface area contributed by atoms with Crippen LogP contribution in [-0.2, 0) is 0 Å². The lowest BCUT2D eigenvalue weighted by Gasteiger charge is -2.03. The summed E-state index contributed by atoms with van der Waals surface area (Å²) in [6.07, 6.45) is 5.97. The number of anilines is 2.